The second-order valence-corrected chi connectivity index (χ2v) is 6.59. The average molecular weight is 351 g/mol. The number of sulfonamides is 1. The van der Waals surface area contributed by atoms with Gasteiger partial charge in [-0.05, 0) is 53.2 Å². The Balaban J connectivity index is 1.92. The van der Waals surface area contributed by atoms with Crippen LogP contribution in [0.5, 0.6) is 0 Å². The highest BCUT2D eigenvalue weighted by molar-refractivity contribution is 7.92. The normalized spacial score (nSPS) is 11.5. The number of nitrogens with one attached hydrogen (secondary N) is 1. The number of hydrogen-bond acceptors (Lipinski definition) is 5. The summed E-state index contributed by atoms with van der Waals surface area (Å²) in [7, 11) is -4.18. The van der Waals surface area contributed by atoms with Gasteiger partial charge < -0.3 is 0 Å². The zero-order valence-corrected chi connectivity index (χ0v) is 13.1. The van der Waals surface area contributed by atoms with E-state index in [4.69, 9.17) is 0 Å². The Kier molecular flexibility index (Phi) is 3.97. The van der Waals surface area contributed by atoms with Gasteiger partial charge in [-0.1, -0.05) is 0 Å². The smallest absolute Gasteiger partial charge is 0.264 e. The molecule has 0 bridgehead atoms. The lowest BCUT2D eigenvalue weighted by atomic mass is 10.2. The number of halogens is 2. The monoisotopic (exact) mass is 351 g/mol. The van der Waals surface area contributed by atoms with E-state index < -0.39 is 26.6 Å². The molecule has 24 heavy (non-hydrogen) atoms. The lowest BCUT2D eigenvalue weighted by molar-refractivity contribution is 0.551. The van der Waals surface area contributed by atoms with Gasteiger partial charge in [0.1, 0.15) is 22.9 Å². The van der Waals surface area contributed by atoms with Crippen LogP contribution in [0.25, 0.3) is 5.69 Å². The van der Waals surface area contributed by atoms with Gasteiger partial charge in [-0.3, -0.25) is 4.72 Å². The van der Waals surface area contributed by atoms with Crippen LogP contribution in [0.15, 0.2) is 47.6 Å². The van der Waals surface area contributed by atoms with Crippen LogP contribution in [0.1, 0.15) is 5.56 Å². The number of aryl methyl sites for hydroxylation is 1. The molecular weight excluding hydrogens is 340 g/mol. The van der Waals surface area contributed by atoms with Crippen molar-refractivity contribution in [1.82, 2.24) is 20.2 Å². The van der Waals surface area contributed by atoms with Crippen molar-refractivity contribution in [1.29, 1.82) is 0 Å². The van der Waals surface area contributed by atoms with Crippen LogP contribution < -0.4 is 4.72 Å². The van der Waals surface area contributed by atoms with E-state index in [1.54, 1.807) is 19.1 Å². The van der Waals surface area contributed by atoms with Crippen molar-refractivity contribution >= 4 is 15.7 Å². The Hall–Kier alpha value is -2.88. The van der Waals surface area contributed by atoms with E-state index in [2.05, 4.69) is 20.2 Å². The molecule has 10 heteroatoms. The lowest BCUT2D eigenvalue weighted by Gasteiger charge is -2.11. The molecule has 3 aromatic rings. The summed E-state index contributed by atoms with van der Waals surface area (Å²) in [6, 6.07) is 6.92. The Morgan fingerprint density at radius 3 is 2.54 bits per heavy atom. The third-order valence-corrected chi connectivity index (χ3v) is 4.64. The van der Waals surface area contributed by atoms with Gasteiger partial charge in [0, 0.05) is 11.8 Å². The van der Waals surface area contributed by atoms with E-state index in [0.29, 0.717) is 17.3 Å². The van der Waals surface area contributed by atoms with Crippen LogP contribution in [-0.2, 0) is 10.0 Å². The van der Waals surface area contributed by atoms with Gasteiger partial charge in [-0.15, -0.1) is 5.10 Å². The zero-order chi connectivity index (χ0) is 17.3. The van der Waals surface area contributed by atoms with Crippen molar-refractivity contribution in [3.63, 3.8) is 0 Å². The second kappa shape index (κ2) is 5.96. The van der Waals surface area contributed by atoms with E-state index in [1.807, 2.05) is 0 Å². The first-order chi connectivity index (χ1) is 11.4. The minimum absolute atomic E-state index is 0.230. The second-order valence-electron chi connectivity index (χ2n) is 4.94. The molecule has 1 N–H and O–H groups in total. The topological polar surface area (TPSA) is 89.8 Å². The summed E-state index contributed by atoms with van der Waals surface area (Å²) >= 11 is 0. The van der Waals surface area contributed by atoms with E-state index in [1.165, 1.54) is 17.1 Å². The van der Waals surface area contributed by atoms with Crippen LogP contribution in [-0.4, -0.2) is 28.6 Å². The predicted octanol–water partition coefficient (Wildman–Crippen LogP) is 2.05. The number of rotatable bonds is 4. The number of benzene rings is 2. The van der Waals surface area contributed by atoms with E-state index in [9.17, 15) is 17.2 Å². The molecule has 0 aliphatic rings. The molecule has 0 atom stereocenters. The molecule has 0 saturated carbocycles. The number of nitrogens with zero attached hydrogens (tertiary/aromatic N) is 4. The summed E-state index contributed by atoms with van der Waals surface area (Å²) in [5, 5.41) is 10.8. The molecule has 0 amide bonds. The van der Waals surface area contributed by atoms with E-state index in [0.717, 1.165) is 12.1 Å². The Labute approximate surface area is 136 Å². The van der Waals surface area contributed by atoms with Gasteiger partial charge in [0.25, 0.3) is 10.0 Å². The molecule has 1 heterocycles. The highest BCUT2D eigenvalue weighted by atomic mass is 32.2. The van der Waals surface area contributed by atoms with Gasteiger partial charge in [-0.2, -0.15) is 0 Å². The molecule has 0 saturated heterocycles. The van der Waals surface area contributed by atoms with Gasteiger partial charge >= 0.3 is 0 Å². The summed E-state index contributed by atoms with van der Waals surface area (Å²) < 4.78 is 54.8. The van der Waals surface area contributed by atoms with E-state index >= 15 is 0 Å². The third-order valence-electron chi connectivity index (χ3n) is 3.23. The van der Waals surface area contributed by atoms with Crippen molar-refractivity contribution in [3.8, 4) is 5.69 Å². The van der Waals surface area contributed by atoms with Gasteiger partial charge in [0.2, 0.25) is 0 Å². The lowest BCUT2D eigenvalue weighted by Crippen LogP contribution is -2.15. The fraction of sp³-hybridized carbons (Fsp3) is 0.0714. The molecule has 0 fully saturated rings. The third kappa shape index (κ3) is 3.08. The number of tetrazole rings is 1. The minimum atomic E-state index is -4.18. The summed E-state index contributed by atoms with van der Waals surface area (Å²) in [5.41, 5.74) is 1.59. The van der Waals surface area contributed by atoms with Crippen LogP contribution in [0.4, 0.5) is 14.5 Å². The molecule has 2 aromatic carbocycles. The van der Waals surface area contributed by atoms with Crippen molar-refractivity contribution in [3.05, 3.63) is 59.9 Å². The van der Waals surface area contributed by atoms with Gasteiger partial charge in [-0.25, -0.2) is 21.9 Å². The van der Waals surface area contributed by atoms with Crippen molar-refractivity contribution in [2.75, 3.05) is 4.72 Å². The van der Waals surface area contributed by atoms with Crippen molar-refractivity contribution in [2.24, 2.45) is 0 Å². The summed E-state index contributed by atoms with van der Waals surface area (Å²) in [6.07, 6.45) is 1.40. The van der Waals surface area contributed by atoms with Crippen molar-refractivity contribution in [2.45, 2.75) is 11.8 Å². The molecule has 0 radical (unpaired) electrons. The highest BCUT2D eigenvalue weighted by Crippen LogP contribution is 2.22. The number of hydrogen-bond donors (Lipinski definition) is 1. The molecule has 124 valence electrons. The summed E-state index contributed by atoms with van der Waals surface area (Å²) in [5.74, 6) is -2.02. The largest absolute Gasteiger partial charge is 0.280 e. The first-order valence-electron chi connectivity index (χ1n) is 6.69. The zero-order valence-electron chi connectivity index (χ0n) is 12.3. The SMILES string of the molecule is Cc1cc(NS(=O)(=O)c2ccc(F)cc2F)ccc1-n1cnnn1. The summed E-state index contributed by atoms with van der Waals surface area (Å²) in [6.45, 7) is 1.74. The molecule has 0 unspecified atom stereocenters. The summed E-state index contributed by atoms with van der Waals surface area (Å²) in [4.78, 5) is -0.633. The fourth-order valence-electron chi connectivity index (χ4n) is 2.15. The molecule has 0 aliphatic heterocycles. The molecule has 0 aliphatic carbocycles. The highest BCUT2D eigenvalue weighted by Gasteiger charge is 2.20. The average Bonchev–Trinajstić information content (AvgIpc) is 3.00. The van der Waals surface area contributed by atoms with Crippen LogP contribution in [0, 0.1) is 18.6 Å². The molecular formula is C14H11F2N5O2S. The quantitative estimate of drug-likeness (QED) is 0.777. The van der Waals surface area contributed by atoms with Crippen LogP contribution >= 0.6 is 0 Å². The van der Waals surface area contributed by atoms with Gasteiger partial charge in [0.05, 0.1) is 5.69 Å². The Morgan fingerprint density at radius 1 is 1.12 bits per heavy atom. The fourth-order valence-corrected chi connectivity index (χ4v) is 3.26. The maximum Gasteiger partial charge on any atom is 0.264 e. The standard InChI is InChI=1S/C14H11F2N5O2S/c1-9-6-11(3-4-13(9)21-8-17-19-20-21)18-24(22,23)14-5-2-10(15)7-12(14)16/h2-8,18H,1H3. The minimum Gasteiger partial charge on any atom is -0.280 e. The first kappa shape index (κ1) is 16.0. The molecule has 7 nitrogen and oxygen atoms in total. The van der Waals surface area contributed by atoms with E-state index in [-0.39, 0.29) is 5.69 Å². The van der Waals surface area contributed by atoms with Crippen molar-refractivity contribution < 1.29 is 17.2 Å². The molecule has 0 spiro atoms. The maximum atomic E-state index is 13.7. The van der Waals surface area contributed by atoms with Crippen LogP contribution in [0.2, 0.25) is 0 Å². The predicted molar refractivity (Wildman–Crippen MR) is 81.1 cm³/mol. The van der Waals surface area contributed by atoms with Crippen LogP contribution in [0.3, 0.4) is 0 Å². The molecule has 3 rings (SSSR count). The van der Waals surface area contributed by atoms with Gasteiger partial charge in [0.15, 0.2) is 0 Å². The Morgan fingerprint density at radius 2 is 1.92 bits per heavy atom. The maximum absolute atomic E-state index is 13.7. The number of anilines is 1. The number of aromatic nitrogens is 4. The molecule has 1 aromatic heterocycles. The Bertz CT molecular complexity index is 990. The first-order valence-corrected chi connectivity index (χ1v) is 8.17.